The monoisotopic (exact) mass is 170 g/mol. The van der Waals surface area contributed by atoms with Crippen LogP contribution in [-0.4, -0.2) is 13.5 Å². The fraction of sp³-hybridized carbons (Fsp3) is 0.889. The standard InChI is InChI=1S/C9H18OSi/c1-9(2)6-7(9)8(10)11(3,4)5/h7H,6H2,1-5H3. The van der Waals surface area contributed by atoms with Gasteiger partial charge in [0.2, 0.25) is 0 Å². The average molecular weight is 170 g/mol. The van der Waals surface area contributed by atoms with Gasteiger partial charge in [0, 0.05) is 5.92 Å². The van der Waals surface area contributed by atoms with Crippen molar-refractivity contribution in [1.82, 2.24) is 0 Å². The van der Waals surface area contributed by atoms with Gasteiger partial charge in [0.1, 0.15) is 13.5 Å². The summed E-state index contributed by atoms with van der Waals surface area (Å²) >= 11 is 0. The first-order chi connectivity index (χ1) is 4.75. The predicted molar refractivity (Wildman–Crippen MR) is 50.2 cm³/mol. The summed E-state index contributed by atoms with van der Waals surface area (Å²) in [5.74, 6) is 0.397. The van der Waals surface area contributed by atoms with Gasteiger partial charge >= 0.3 is 0 Å². The molecule has 1 aliphatic rings. The Balaban J connectivity index is 2.60. The minimum Gasteiger partial charge on any atom is -0.305 e. The highest BCUT2D eigenvalue weighted by molar-refractivity contribution is 7.03. The second kappa shape index (κ2) is 2.19. The first-order valence-electron chi connectivity index (χ1n) is 4.29. The van der Waals surface area contributed by atoms with E-state index in [4.69, 9.17) is 0 Å². The molecule has 1 aliphatic carbocycles. The van der Waals surface area contributed by atoms with Gasteiger partial charge in [0.05, 0.1) is 0 Å². The largest absolute Gasteiger partial charge is 0.305 e. The molecule has 0 bridgehead atoms. The van der Waals surface area contributed by atoms with E-state index in [0.29, 0.717) is 16.7 Å². The molecule has 0 amide bonds. The molecule has 0 spiro atoms. The quantitative estimate of drug-likeness (QED) is 0.582. The maximum absolute atomic E-state index is 11.7. The van der Waals surface area contributed by atoms with Crippen LogP contribution in [0.1, 0.15) is 20.3 Å². The summed E-state index contributed by atoms with van der Waals surface area (Å²) in [5, 5.41) is 0.572. The maximum atomic E-state index is 11.7. The molecule has 1 nitrogen and oxygen atoms in total. The molecular weight excluding hydrogens is 152 g/mol. The average Bonchev–Trinajstić information content (AvgIpc) is 2.36. The summed E-state index contributed by atoms with van der Waals surface area (Å²) in [6, 6.07) is 0. The molecule has 1 rings (SSSR count). The number of hydrogen-bond acceptors (Lipinski definition) is 1. The molecule has 64 valence electrons. The van der Waals surface area contributed by atoms with Crippen molar-refractivity contribution >= 4 is 13.5 Å². The first kappa shape index (κ1) is 8.98. The van der Waals surface area contributed by atoms with Gasteiger partial charge in [0.25, 0.3) is 0 Å². The highest BCUT2D eigenvalue weighted by Crippen LogP contribution is 2.53. The Bertz CT molecular complexity index is 188. The van der Waals surface area contributed by atoms with Crippen LogP contribution in [0.4, 0.5) is 0 Å². The zero-order chi connectivity index (χ0) is 8.86. The van der Waals surface area contributed by atoms with Gasteiger partial charge in [-0.15, -0.1) is 0 Å². The Morgan fingerprint density at radius 1 is 1.36 bits per heavy atom. The van der Waals surface area contributed by atoms with Gasteiger partial charge in [-0.05, 0) is 11.8 Å². The lowest BCUT2D eigenvalue weighted by molar-refractivity contribution is -0.114. The van der Waals surface area contributed by atoms with Crippen LogP contribution in [0.5, 0.6) is 0 Å². The molecule has 0 heterocycles. The van der Waals surface area contributed by atoms with Gasteiger partial charge in [-0.1, -0.05) is 33.5 Å². The van der Waals surface area contributed by atoms with Crippen LogP contribution in [0.15, 0.2) is 0 Å². The van der Waals surface area contributed by atoms with Crippen molar-refractivity contribution in [1.29, 1.82) is 0 Å². The van der Waals surface area contributed by atoms with Crippen molar-refractivity contribution in [2.45, 2.75) is 39.9 Å². The summed E-state index contributed by atoms with van der Waals surface area (Å²) in [4.78, 5) is 11.7. The number of carbonyl (C=O) groups is 1. The van der Waals surface area contributed by atoms with Gasteiger partial charge in [0.15, 0.2) is 0 Å². The molecule has 2 heteroatoms. The third kappa shape index (κ3) is 1.72. The second-order valence-electron chi connectivity index (χ2n) is 5.36. The third-order valence-corrected chi connectivity index (χ3v) is 4.40. The summed E-state index contributed by atoms with van der Waals surface area (Å²) < 4.78 is 0. The molecule has 11 heavy (non-hydrogen) atoms. The van der Waals surface area contributed by atoms with Crippen LogP contribution in [0.2, 0.25) is 19.6 Å². The minimum atomic E-state index is -1.49. The molecule has 0 aliphatic heterocycles. The first-order valence-corrected chi connectivity index (χ1v) is 7.79. The molecular formula is C9H18OSi. The van der Waals surface area contributed by atoms with E-state index in [1.807, 2.05) is 0 Å². The minimum absolute atomic E-state index is 0.331. The Kier molecular flexibility index (Phi) is 1.79. The van der Waals surface area contributed by atoms with Crippen LogP contribution in [0.3, 0.4) is 0 Å². The van der Waals surface area contributed by atoms with Crippen molar-refractivity contribution in [3.63, 3.8) is 0 Å². The Labute approximate surface area is 70.2 Å². The lowest BCUT2D eigenvalue weighted by atomic mass is 10.1. The molecule has 0 aromatic carbocycles. The van der Waals surface area contributed by atoms with Crippen molar-refractivity contribution in [2.24, 2.45) is 11.3 Å². The summed E-state index contributed by atoms with van der Waals surface area (Å²) in [7, 11) is -1.49. The zero-order valence-electron chi connectivity index (χ0n) is 8.19. The van der Waals surface area contributed by atoms with Crippen molar-refractivity contribution in [2.75, 3.05) is 0 Å². The van der Waals surface area contributed by atoms with E-state index in [0.717, 1.165) is 6.42 Å². The smallest absolute Gasteiger partial charge is 0.124 e. The second-order valence-corrected chi connectivity index (χ2v) is 10.4. The summed E-state index contributed by atoms with van der Waals surface area (Å²) in [6.07, 6.45) is 1.12. The van der Waals surface area contributed by atoms with Crippen LogP contribution in [0, 0.1) is 11.3 Å². The van der Waals surface area contributed by atoms with Gasteiger partial charge in [-0.25, -0.2) is 0 Å². The molecule has 0 saturated heterocycles. The number of hydrogen-bond donors (Lipinski definition) is 0. The number of carbonyl (C=O) groups excluding carboxylic acids is 1. The fourth-order valence-corrected chi connectivity index (χ4v) is 2.98. The molecule has 0 N–H and O–H groups in total. The molecule has 1 unspecified atom stereocenters. The molecule has 0 aromatic rings. The summed E-state index contributed by atoms with van der Waals surface area (Å²) in [5.41, 5.74) is 0.331. The third-order valence-electron chi connectivity index (χ3n) is 2.57. The van der Waals surface area contributed by atoms with E-state index in [1.165, 1.54) is 0 Å². The van der Waals surface area contributed by atoms with Crippen molar-refractivity contribution < 1.29 is 4.79 Å². The molecule has 1 saturated carbocycles. The highest BCUT2D eigenvalue weighted by atomic mass is 28.3. The van der Waals surface area contributed by atoms with Crippen LogP contribution >= 0.6 is 0 Å². The number of rotatable bonds is 2. The normalized spacial score (nSPS) is 28.3. The van der Waals surface area contributed by atoms with E-state index in [2.05, 4.69) is 33.5 Å². The molecule has 0 radical (unpaired) electrons. The lowest BCUT2D eigenvalue weighted by Crippen LogP contribution is -2.35. The van der Waals surface area contributed by atoms with Gasteiger partial charge < -0.3 is 4.79 Å². The van der Waals surface area contributed by atoms with Crippen molar-refractivity contribution in [3.8, 4) is 0 Å². The topological polar surface area (TPSA) is 17.1 Å². The molecule has 1 fully saturated rings. The van der Waals surface area contributed by atoms with E-state index in [9.17, 15) is 4.79 Å². The van der Waals surface area contributed by atoms with Crippen LogP contribution in [-0.2, 0) is 4.79 Å². The van der Waals surface area contributed by atoms with Crippen LogP contribution in [0.25, 0.3) is 0 Å². The zero-order valence-corrected chi connectivity index (χ0v) is 9.19. The van der Waals surface area contributed by atoms with E-state index in [1.54, 1.807) is 0 Å². The Morgan fingerprint density at radius 3 is 1.82 bits per heavy atom. The Hall–Kier alpha value is -0.113. The summed E-state index contributed by atoms with van der Waals surface area (Å²) in [6.45, 7) is 10.8. The lowest BCUT2D eigenvalue weighted by Gasteiger charge is -2.14. The van der Waals surface area contributed by atoms with Crippen LogP contribution < -0.4 is 0 Å². The SMILES string of the molecule is CC1(C)CC1C(=O)[Si](C)(C)C. The van der Waals surface area contributed by atoms with Crippen molar-refractivity contribution in [3.05, 3.63) is 0 Å². The van der Waals surface area contributed by atoms with E-state index < -0.39 is 8.07 Å². The Morgan fingerprint density at radius 2 is 1.73 bits per heavy atom. The van der Waals surface area contributed by atoms with E-state index >= 15 is 0 Å². The molecule has 1 atom stereocenters. The van der Waals surface area contributed by atoms with Gasteiger partial charge in [-0.2, -0.15) is 0 Å². The predicted octanol–water partition coefficient (Wildman–Crippen LogP) is 2.48. The maximum Gasteiger partial charge on any atom is 0.124 e. The highest BCUT2D eigenvalue weighted by Gasteiger charge is 2.52. The molecule has 0 aromatic heterocycles. The fourth-order valence-electron chi connectivity index (χ4n) is 1.44. The van der Waals surface area contributed by atoms with E-state index in [-0.39, 0.29) is 0 Å². The van der Waals surface area contributed by atoms with Gasteiger partial charge in [-0.3, -0.25) is 0 Å².